The molecule has 4 nitrogen and oxygen atoms in total. The number of hydrogen-bond donors (Lipinski definition) is 1. The summed E-state index contributed by atoms with van der Waals surface area (Å²) in [5, 5.41) is 9.68. The van der Waals surface area contributed by atoms with Gasteiger partial charge in [-0.2, -0.15) is 13.2 Å². The summed E-state index contributed by atoms with van der Waals surface area (Å²) < 4.78 is 61.5. The smallest absolute Gasteiger partial charge is 0.419 e. The zero-order valence-corrected chi connectivity index (χ0v) is 23.7. The minimum absolute atomic E-state index is 0.0646. The van der Waals surface area contributed by atoms with Crippen molar-refractivity contribution in [1.29, 1.82) is 0 Å². The average molecular weight is 584 g/mol. The molecule has 1 amide bonds. The number of amides is 1. The summed E-state index contributed by atoms with van der Waals surface area (Å²) in [6.07, 6.45) is 5.38. The zero-order chi connectivity index (χ0) is 29.3. The van der Waals surface area contributed by atoms with Gasteiger partial charge in [0.05, 0.1) is 18.2 Å². The molecule has 8 heteroatoms. The third-order valence-corrected chi connectivity index (χ3v) is 10.9. The van der Waals surface area contributed by atoms with Gasteiger partial charge in [-0.25, -0.2) is 4.39 Å². The number of alkyl halides is 3. The second kappa shape index (κ2) is 10.4. The first kappa shape index (κ1) is 27.9. The van der Waals surface area contributed by atoms with Gasteiger partial charge in [0.15, 0.2) is 0 Å². The van der Waals surface area contributed by atoms with Crippen LogP contribution in [0.3, 0.4) is 0 Å². The van der Waals surface area contributed by atoms with Crippen LogP contribution in [0.4, 0.5) is 23.2 Å². The number of aliphatic hydroxyl groups excluding tert-OH is 1. The van der Waals surface area contributed by atoms with Gasteiger partial charge in [0.25, 0.3) is 5.91 Å². The highest BCUT2D eigenvalue weighted by Crippen LogP contribution is 2.58. The predicted molar refractivity (Wildman–Crippen MR) is 151 cm³/mol. The Morgan fingerprint density at radius 3 is 2.55 bits per heavy atom. The highest BCUT2D eigenvalue weighted by Gasteiger charge is 2.50. The molecule has 2 bridgehead atoms. The number of fused-ring (bicyclic) bond motifs is 3. The summed E-state index contributed by atoms with van der Waals surface area (Å²) in [5.74, 6) is 1.21. The number of rotatable bonds is 7. The van der Waals surface area contributed by atoms with E-state index in [2.05, 4.69) is 6.08 Å². The lowest BCUT2D eigenvalue weighted by molar-refractivity contribution is -0.139. The molecule has 0 saturated heterocycles. The normalized spacial score (nSPS) is 32.6. The van der Waals surface area contributed by atoms with Crippen LogP contribution in [0.25, 0.3) is 0 Å². The number of hydrogen-bond acceptors (Lipinski definition) is 3. The van der Waals surface area contributed by atoms with Crippen LogP contribution in [-0.2, 0) is 6.18 Å². The number of methoxy groups -OCH3 is 1. The van der Waals surface area contributed by atoms with Crippen molar-refractivity contribution < 1.29 is 32.2 Å². The van der Waals surface area contributed by atoms with Crippen molar-refractivity contribution in [2.24, 2.45) is 35.5 Å². The predicted octanol–water partition coefficient (Wildman–Crippen LogP) is 7.76. The Hall–Kier alpha value is -2.87. The molecule has 224 valence electrons. The molecule has 7 rings (SSSR count). The van der Waals surface area contributed by atoms with Crippen molar-refractivity contribution in [3.8, 4) is 5.75 Å². The lowest BCUT2D eigenvalue weighted by atomic mass is 9.64. The van der Waals surface area contributed by atoms with Crippen molar-refractivity contribution in [2.75, 3.05) is 18.6 Å². The van der Waals surface area contributed by atoms with Crippen LogP contribution in [0.2, 0.25) is 0 Å². The molecule has 4 unspecified atom stereocenters. The minimum atomic E-state index is -4.88. The molecular weight excluding hydrogens is 546 g/mol. The number of halogens is 4. The van der Waals surface area contributed by atoms with Gasteiger partial charge in [-0.3, -0.25) is 4.79 Å². The maximum atomic E-state index is 14.6. The fourth-order valence-electron chi connectivity index (χ4n) is 8.69. The molecule has 0 spiro atoms. The third kappa shape index (κ3) is 4.74. The number of anilines is 1. The van der Waals surface area contributed by atoms with E-state index < -0.39 is 23.5 Å². The van der Waals surface area contributed by atoms with E-state index in [0.29, 0.717) is 47.3 Å². The van der Waals surface area contributed by atoms with E-state index in [1.807, 2.05) is 12.1 Å². The summed E-state index contributed by atoms with van der Waals surface area (Å²) in [6, 6.07) is 8.26. The fraction of sp³-hybridized carbons (Fsp3) is 0.559. The zero-order valence-electron chi connectivity index (χ0n) is 23.7. The molecule has 2 aromatic carbocycles. The largest absolute Gasteiger partial charge is 0.496 e. The van der Waals surface area contributed by atoms with Crippen LogP contribution in [0, 0.1) is 41.3 Å². The first-order valence-electron chi connectivity index (χ1n) is 15.4. The molecule has 5 fully saturated rings. The number of aliphatic hydroxyl groups is 1. The van der Waals surface area contributed by atoms with Gasteiger partial charge in [0.2, 0.25) is 0 Å². The maximum Gasteiger partial charge on any atom is 0.419 e. The first-order valence-corrected chi connectivity index (χ1v) is 15.4. The molecule has 5 saturated carbocycles. The Kier molecular flexibility index (Phi) is 6.91. The van der Waals surface area contributed by atoms with Crippen molar-refractivity contribution in [3.05, 3.63) is 70.6 Å². The van der Waals surface area contributed by atoms with E-state index in [1.54, 1.807) is 6.07 Å². The number of benzene rings is 2. The Labute approximate surface area is 243 Å². The topological polar surface area (TPSA) is 49.8 Å². The summed E-state index contributed by atoms with van der Waals surface area (Å²) in [5.41, 5.74) is 1.39. The summed E-state index contributed by atoms with van der Waals surface area (Å²) in [6.45, 7) is 0.194. The molecular formula is C34H37F4NO3. The van der Waals surface area contributed by atoms with Crippen molar-refractivity contribution in [2.45, 2.75) is 69.5 Å². The maximum absolute atomic E-state index is 14.6. The summed E-state index contributed by atoms with van der Waals surface area (Å²) in [7, 11) is 1.49. The van der Waals surface area contributed by atoms with Crippen LogP contribution in [0.5, 0.6) is 5.75 Å². The number of nitrogens with zero attached hydrogens (tertiary/aromatic N) is 1. The highest BCUT2D eigenvalue weighted by atomic mass is 19.4. The second-order valence-electron chi connectivity index (χ2n) is 13.3. The number of carbonyl (C=O) groups excluding carboxylic acids is 1. The Morgan fingerprint density at radius 1 is 1.02 bits per heavy atom. The summed E-state index contributed by atoms with van der Waals surface area (Å²) >= 11 is 0. The van der Waals surface area contributed by atoms with E-state index in [9.17, 15) is 27.5 Å². The second-order valence-corrected chi connectivity index (χ2v) is 13.3. The molecule has 2 aromatic rings. The van der Waals surface area contributed by atoms with Gasteiger partial charge in [0.1, 0.15) is 11.6 Å². The van der Waals surface area contributed by atoms with E-state index in [0.717, 1.165) is 62.6 Å². The Balaban J connectivity index is 1.28. The molecule has 5 aliphatic rings. The van der Waals surface area contributed by atoms with Crippen LogP contribution < -0.4 is 9.64 Å². The first-order chi connectivity index (χ1) is 20.2. The molecule has 0 heterocycles. The van der Waals surface area contributed by atoms with E-state index in [4.69, 9.17) is 4.74 Å². The highest BCUT2D eigenvalue weighted by molar-refractivity contribution is 6.08. The molecule has 0 radical (unpaired) electrons. The van der Waals surface area contributed by atoms with Crippen LogP contribution >= 0.6 is 0 Å². The van der Waals surface area contributed by atoms with Crippen LogP contribution in [0.15, 0.2) is 48.0 Å². The quantitative estimate of drug-likeness (QED) is 0.268. The number of allylic oxidation sites excluding steroid dienone is 1. The van der Waals surface area contributed by atoms with Crippen molar-refractivity contribution in [1.82, 2.24) is 0 Å². The van der Waals surface area contributed by atoms with Crippen LogP contribution in [-0.4, -0.2) is 30.8 Å². The van der Waals surface area contributed by atoms with Gasteiger partial charge in [-0.1, -0.05) is 17.7 Å². The van der Waals surface area contributed by atoms with E-state index in [-0.39, 0.29) is 30.2 Å². The number of carbonyl (C=O) groups is 1. The van der Waals surface area contributed by atoms with Gasteiger partial charge in [-0.15, -0.1) is 0 Å². The fourth-order valence-corrected chi connectivity index (χ4v) is 8.69. The standard InChI is InChI=1S/C34H37F4NO3/c1-42-32-9-5-20(27-14-22-10-19(17-40)12-26(22)27)13-28(32)33(41)39(23-6-8-30(35)29(16-23)34(36,37)38)31-15-21-4-7-24(31)25(21)11-18-2-3-18/h5-6,8-9,11,13,16,18-19,21-22,24,26-27,31,40H,2-4,7,10,12,14-15,17H2,1H3/b25-11-/t19?,21-,22?,24-,26?,27?,31-/m1/s1. The minimum Gasteiger partial charge on any atom is -0.496 e. The molecule has 0 aliphatic heterocycles. The van der Waals surface area contributed by atoms with Gasteiger partial charge in [-0.05, 0) is 123 Å². The van der Waals surface area contributed by atoms with Gasteiger partial charge < -0.3 is 14.7 Å². The molecule has 42 heavy (non-hydrogen) atoms. The molecule has 0 aromatic heterocycles. The van der Waals surface area contributed by atoms with Crippen LogP contribution in [0.1, 0.15) is 78.8 Å². The monoisotopic (exact) mass is 583 g/mol. The summed E-state index contributed by atoms with van der Waals surface area (Å²) in [4.78, 5) is 16.1. The Bertz CT molecular complexity index is 1420. The van der Waals surface area contributed by atoms with E-state index in [1.165, 1.54) is 23.6 Å². The van der Waals surface area contributed by atoms with Crippen molar-refractivity contribution in [3.63, 3.8) is 0 Å². The lowest BCUT2D eigenvalue weighted by Gasteiger charge is -2.41. The SMILES string of the molecule is COc1ccc(C2CC3CC(CO)CC32)cc1C(=O)N(c1ccc(F)c(C(F)(F)F)c1)[C@@H]1C[C@H]2CC[C@@H]1/C2=C\C1CC1. The molecule has 5 aliphatic carbocycles. The van der Waals surface area contributed by atoms with Crippen molar-refractivity contribution >= 4 is 11.6 Å². The van der Waals surface area contributed by atoms with E-state index >= 15 is 0 Å². The van der Waals surface area contributed by atoms with Gasteiger partial charge >= 0.3 is 6.18 Å². The number of ether oxygens (including phenoxy) is 1. The molecule has 1 N–H and O–H groups in total. The van der Waals surface area contributed by atoms with Gasteiger partial charge in [0, 0.05) is 24.3 Å². The average Bonchev–Trinajstić information content (AvgIpc) is 3.52. The Morgan fingerprint density at radius 2 is 1.83 bits per heavy atom. The molecule has 7 atom stereocenters. The third-order valence-electron chi connectivity index (χ3n) is 10.9. The lowest BCUT2D eigenvalue weighted by Crippen LogP contribution is -2.44.